The number of carbonyl (C=O) groups excluding carboxylic acids is 1. The summed E-state index contributed by atoms with van der Waals surface area (Å²) in [5.74, 6) is 0.775. The number of nitrogens with zero attached hydrogens (tertiary/aromatic N) is 1. The molecule has 0 aromatic carbocycles. The fourth-order valence-electron chi connectivity index (χ4n) is 3.22. The molecular weight excluding hydrogens is 242 g/mol. The summed E-state index contributed by atoms with van der Waals surface area (Å²) in [7, 11) is 0. The van der Waals surface area contributed by atoms with Gasteiger partial charge in [0.2, 0.25) is 0 Å². The van der Waals surface area contributed by atoms with Crippen LogP contribution in [0.1, 0.15) is 52.4 Å². The largest absolute Gasteiger partial charge is 0.511 e. The topological polar surface area (TPSA) is 58.9 Å². The number of hydrogen-bond acceptors (Lipinski definition) is 4. The molecule has 2 unspecified atom stereocenters. The Labute approximate surface area is 114 Å². The zero-order valence-corrected chi connectivity index (χ0v) is 11.8. The van der Waals surface area contributed by atoms with E-state index < -0.39 is 0 Å². The third-order valence-corrected chi connectivity index (χ3v) is 4.17. The van der Waals surface area contributed by atoms with Gasteiger partial charge in [0.15, 0.2) is 5.78 Å². The Kier molecular flexibility index (Phi) is 4.61. The zero-order chi connectivity index (χ0) is 13.8. The van der Waals surface area contributed by atoms with Crippen molar-refractivity contribution in [3.8, 4) is 0 Å². The summed E-state index contributed by atoms with van der Waals surface area (Å²) < 4.78 is 0. The summed E-state index contributed by atoms with van der Waals surface area (Å²) in [6.45, 7) is 4.25. The van der Waals surface area contributed by atoms with Gasteiger partial charge in [-0.1, -0.05) is 24.9 Å². The molecule has 4 nitrogen and oxygen atoms in total. The van der Waals surface area contributed by atoms with Crippen LogP contribution in [0.5, 0.6) is 0 Å². The molecule has 2 atom stereocenters. The van der Waals surface area contributed by atoms with Crippen molar-refractivity contribution >= 4 is 11.5 Å². The second-order valence-corrected chi connectivity index (χ2v) is 5.35. The molecule has 0 aliphatic heterocycles. The molecule has 0 spiro atoms. The van der Waals surface area contributed by atoms with Crippen LogP contribution in [-0.4, -0.2) is 23.2 Å². The van der Waals surface area contributed by atoms with Crippen LogP contribution in [0.4, 0.5) is 0 Å². The Bertz CT molecular complexity index is 412. The predicted octanol–water partition coefficient (Wildman–Crippen LogP) is 3.38. The van der Waals surface area contributed by atoms with Gasteiger partial charge >= 0.3 is 0 Å². The Morgan fingerprint density at radius 2 is 2.11 bits per heavy atom. The highest BCUT2D eigenvalue weighted by Gasteiger charge is 2.38. The lowest BCUT2D eigenvalue weighted by Gasteiger charge is -2.35. The number of rotatable bonds is 4. The van der Waals surface area contributed by atoms with E-state index in [4.69, 9.17) is 4.84 Å². The molecule has 0 saturated heterocycles. The van der Waals surface area contributed by atoms with Crippen molar-refractivity contribution in [3.63, 3.8) is 0 Å². The highest BCUT2D eigenvalue weighted by atomic mass is 16.6. The number of aliphatic hydroxyl groups is 1. The lowest BCUT2D eigenvalue weighted by molar-refractivity contribution is -0.117. The number of allylic oxidation sites excluding steroid dienone is 2. The van der Waals surface area contributed by atoms with E-state index in [-0.39, 0.29) is 17.5 Å². The van der Waals surface area contributed by atoms with Crippen molar-refractivity contribution in [2.45, 2.75) is 52.4 Å². The summed E-state index contributed by atoms with van der Waals surface area (Å²) in [6.07, 6.45) is 5.50. The minimum atomic E-state index is 0.0287. The molecule has 0 heterocycles. The lowest BCUT2D eigenvalue weighted by atomic mass is 9.70. The molecule has 1 saturated carbocycles. The van der Waals surface area contributed by atoms with E-state index in [1.54, 1.807) is 0 Å². The van der Waals surface area contributed by atoms with Crippen LogP contribution in [0.2, 0.25) is 0 Å². The number of oxime groups is 1. The first-order chi connectivity index (χ1) is 9.19. The Hall–Kier alpha value is -1.32. The van der Waals surface area contributed by atoms with Crippen LogP contribution in [0.15, 0.2) is 16.5 Å². The summed E-state index contributed by atoms with van der Waals surface area (Å²) in [5, 5.41) is 14.5. The van der Waals surface area contributed by atoms with Gasteiger partial charge in [-0.15, -0.1) is 0 Å². The van der Waals surface area contributed by atoms with E-state index in [1.807, 2.05) is 13.8 Å². The molecular formula is C15H23NO3. The summed E-state index contributed by atoms with van der Waals surface area (Å²) in [4.78, 5) is 17.3. The predicted molar refractivity (Wildman–Crippen MR) is 74.1 cm³/mol. The maximum atomic E-state index is 12.3. The van der Waals surface area contributed by atoms with Gasteiger partial charge in [0.1, 0.15) is 12.4 Å². The van der Waals surface area contributed by atoms with E-state index in [0.29, 0.717) is 36.7 Å². The van der Waals surface area contributed by atoms with Crippen LogP contribution in [-0.2, 0) is 9.63 Å². The molecule has 1 N–H and O–H groups in total. The summed E-state index contributed by atoms with van der Waals surface area (Å²) >= 11 is 0. The van der Waals surface area contributed by atoms with Crippen LogP contribution < -0.4 is 0 Å². The van der Waals surface area contributed by atoms with Gasteiger partial charge in [0.05, 0.1) is 11.3 Å². The fraction of sp³-hybridized carbons (Fsp3) is 0.733. The molecule has 0 bridgehead atoms. The number of aliphatic hydroxyl groups excluding tert-OH is 1. The van der Waals surface area contributed by atoms with Gasteiger partial charge in [-0.3, -0.25) is 4.79 Å². The third kappa shape index (κ3) is 2.82. The molecule has 4 heteroatoms. The zero-order valence-electron chi connectivity index (χ0n) is 11.8. The van der Waals surface area contributed by atoms with Crippen molar-refractivity contribution < 1.29 is 14.7 Å². The maximum absolute atomic E-state index is 12.3. The minimum Gasteiger partial charge on any atom is -0.511 e. The normalized spacial score (nSPS) is 28.3. The van der Waals surface area contributed by atoms with Gasteiger partial charge in [0.25, 0.3) is 0 Å². The van der Waals surface area contributed by atoms with Crippen LogP contribution >= 0.6 is 0 Å². The van der Waals surface area contributed by atoms with Crippen molar-refractivity contribution in [2.24, 2.45) is 17.0 Å². The van der Waals surface area contributed by atoms with Crippen molar-refractivity contribution in [2.75, 3.05) is 6.61 Å². The number of hydrogen-bond donors (Lipinski definition) is 1. The van der Waals surface area contributed by atoms with Gasteiger partial charge in [-0.2, -0.15) is 0 Å². The molecule has 1 fully saturated rings. The Morgan fingerprint density at radius 1 is 1.37 bits per heavy atom. The minimum absolute atomic E-state index is 0.0287. The monoisotopic (exact) mass is 265 g/mol. The molecule has 2 rings (SSSR count). The smallest absolute Gasteiger partial charge is 0.168 e. The van der Waals surface area contributed by atoms with Crippen molar-refractivity contribution in [1.82, 2.24) is 0 Å². The number of Topliss-reactive ketones (excluding diaryl/α,β-unsaturated/α-hetero) is 1. The molecule has 2 aliphatic rings. The molecule has 0 aromatic rings. The third-order valence-electron chi connectivity index (χ3n) is 4.17. The molecule has 0 amide bonds. The number of fused-ring (bicyclic) bond motifs is 1. The highest BCUT2D eigenvalue weighted by Crippen LogP contribution is 2.41. The SMILES string of the molecule is CCON=C(CC)C1=C(O)C2CCCCC2CC1=O. The molecule has 0 radical (unpaired) electrons. The van der Waals surface area contributed by atoms with Crippen molar-refractivity contribution in [1.29, 1.82) is 0 Å². The van der Waals surface area contributed by atoms with E-state index in [9.17, 15) is 9.90 Å². The van der Waals surface area contributed by atoms with E-state index >= 15 is 0 Å². The first-order valence-electron chi connectivity index (χ1n) is 7.34. The van der Waals surface area contributed by atoms with Gasteiger partial charge in [0, 0.05) is 12.3 Å². The first kappa shape index (κ1) is 14.1. The van der Waals surface area contributed by atoms with Crippen LogP contribution in [0, 0.1) is 11.8 Å². The van der Waals surface area contributed by atoms with Gasteiger partial charge < -0.3 is 9.94 Å². The van der Waals surface area contributed by atoms with Crippen LogP contribution in [0.25, 0.3) is 0 Å². The van der Waals surface area contributed by atoms with Gasteiger partial charge in [-0.05, 0) is 32.1 Å². The van der Waals surface area contributed by atoms with E-state index in [2.05, 4.69) is 5.16 Å². The molecule has 19 heavy (non-hydrogen) atoms. The van der Waals surface area contributed by atoms with Crippen LogP contribution in [0.3, 0.4) is 0 Å². The van der Waals surface area contributed by atoms with E-state index in [0.717, 1.165) is 19.3 Å². The summed E-state index contributed by atoms with van der Waals surface area (Å²) in [6, 6.07) is 0. The first-order valence-corrected chi connectivity index (χ1v) is 7.34. The lowest BCUT2D eigenvalue weighted by Crippen LogP contribution is -2.33. The average molecular weight is 265 g/mol. The maximum Gasteiger partial charge on any atom is 0.168 e. The fourth-order valence-corrected chi connectivity index (χ4v) is 3.22. The van der Waals surface area contributed by atoms with Gasteiger partial charge in [-0.25, -0.2) is 0 Å². The number of ketones is 1. The van der Waals surface area contributed by atoms with E-state index in [1.165, 1.54) is 6.42 Å². The quantitative estimate of drug-likeness (QED) is 0.626. The molecule has 106 valence electrons. The second kappa shape index (κ2) is 6.22. The summed E-state index contributed by atoms with van der Waals surface area (Å²) in [5.41, 5.74) is 1.02. The Morgan fingerprint density at radius 3 is 2.79 bits per heavy atom. The standard InChI is InChI=1S/C15H23NO3/c1-3-12(16-19-4-2)14-13(17)9-10-7-5-6-8-11(10)15(14)18/h10-11,18H,3-9H2,1-2H3. The molecule has 2 aliphatic carbocycles. The second-order valence-electron chi connectivity index (χ2n) is 5.35. The Balaban J connectivity index is 2.32. The average Bonchev–Trinajstić information content (AvgIpc) is 2.42. The van der Waals surface area contributed by atoms with Crippen molar-refractivity contribution in [3.05, 3.63) is 11.3 Å². The molecule has 0 aromatic heterocycles. The highest BCUT2D eigenvalue weighted by molar-refractivity contribution is 6.23. The number of carbonyl (C=O) groups is 1.